The molecule has 0 spiro atoms. The predicted molar refractivity (Wildman–Crippen MR) is 132 cm³/mol. The molecule has 0 aliphatic heterocycles. The van der Waals surface area contributed by atoms with Gasteiger partial charge in [0, 0.05) is 55.3 Å². The van der Waals surface area contributed by atoms with Gasteiger partial charge in [-0.3, -0.25) is 14.2 Å². The average molecular weight is 522 g/mol. The van der Waals surface area contributed by atoms with Crippen LogP contribution >= 0.6 is 11.6 Å². The second kappa shape index (κ2) is 12.7. The van der Waals surface area contributed by atoms with Gasteiger partial charge in [0.15, 0.2) is 0 Å². The maximum atomic E-state index is 13.1. The normalized spacial score (nSPS) is 11.5. The Kier molecular flexibility index (Phi) is 9.66. The minimum absolute atomic E-state index is 0.0319. The van der Waals surface area contributed by atoms with Gasteiger partial charge in [-0.2, -0.15) is 13.2 Å². The van der Waals surface area contributed by atoms with Crippen LogP contribution in [0.1, 0.15) is 41.0 Å². The van der Waals surface area contributed by atoms with E-state index in [0.717, 1.165) is 0 Å². The number of hydrogen-bond donors (Lipinski definition) is 1. The van der Waals surface area contributed by atoms with Gasteiger partial charge in [0.1, 0.15) is 5.82 Å². The molecule has 0 atom stereocenters. The highest BCUT2D eigenvalue weighted by Crippen LogP contribution is 2.23. The highest BCUT2D eigenvalue weighted by atomic mass is 35.5. The van der Waals surface area contributed by atoms with Crippen LogP contribution in [0.5, 0.6) is 0 Å². The Bertz CT molecular complexity index is 1230. The Balaban J connectivity index is 1.87. The van der Waals surface area contributed by atoms with Crippen LogP contribution in [0, 0.1) is 0 Å². The van der Waals surface area contributed by atoms with Crippen LogP contribution in [0.2, 0.25) is 5.02 Å². The fraction of sp³-hybridized carbons (Fsp3) is 0.346. The molecule has 0 aliphatic carbocycles. The summed E-state index contributed by atoms with van der Waals surface area (Å²) in [7, 11) is 1.58. The summed E-state index contributed by atoms with van der Waals surface area (Å²) in [5.41, 5.74) is 1.67. The predicted octanol–water partition coefficient (Wildman–Crippen LogP) is 5.26. The van der Waals surface area contributed by atoms with Crippen LogP contribution in [-0.2, 0) is 17.7 Å². The zero-order chi connectivity index (χ0) is 26.1. The molecule has 2 aromatic carbocycles. The second-order valence-electron chi connectivity index (χ2n) is 8.26. The molecule has 0 unspecified atom stereocenters. The van der Waals surface area contributed by atoms with Crippen LogP contribution in [0.15, 0.2) is 59.4 Å². The number of alkyl halides is 3. The first kappa shape index (κ1) is 27.4. The minimum atomic E-state index is -4.30. The number of benzene rings is 2. The number of ether oxygens (including phenoxy) is 1. The van der Waals surface area contributed by atoms with Crippen LogP contribution < -0.4 is 10.9 Å². The molecule has 192 valence electrons. The van der Waals surface area contributed by atoms with Gasteiger partial charge in [-0.15, -0.1) is 0 Å². The van der Waals surface area contributed by atoms with Crippen molar-refractivity contribution >= 4 is 17.5 Å². The number of rotatable bonds is 11. The molecule has 0 bridgehead atoms. The topological polar surface area (TPSA) is 73.2 Å². The quantitative estimate of drug-likeness (QED) is 0.349. The van der Waals surface area contributed by atoms with Crippen LogP contribution in [0.3, 0.4) is 0 Å². The standard InChI is InChI=1S/C26H27ClF3N3O3/c1-36-14-4-13-31-25(35)20-6-2-5-18(15-20)17-33-23(7-3-12-26(28,29)30)32-22(16-24(33)34)19-8-10-21(27)11-9-19/h2,5-6,8-11,15-16H,3-4,7,12-14,17H2,1H3,(H,31,35). The van der Waals surface area contributed by atoms with Crippen molar-refractivity contribution in [2.75, 3.05) is 20.3 Å². The summed E-state index contributed by atoms with van der Waals surface area (Å²) in [5.74, 6) is -0.0203. The number of aryl methyl sites for hydroxylation is 1. The van der Waals surface area contributed by atoms with Gasteiger partial charge in [0.05, 0.1) is 12.2 Å². The van der Waals surface area contributed by atoms with Crippen molar-refractivity contribution in [2.45, 2.75) is 38.4 Å². The number of carbonyl (C=O) groups excluding carboxylic acids is 1. The molecule has 0 saturated heterocycles. The molecule has 0 radical (unpaired) electrons. The van der Waals surface area contributed by atoms with E-state index in [1.165, 1.54) is 10.6 Å². The molecule has 0 aliphatic rings. The number of halogens is 4. The number of carbonyl (C=O) groups is 1. The number of hydrogen-bond acceptors (Lipinski definition) is 4. The summed E-state index contributed by atoms with van der Waals surface area (Å²) in [4.78, 5) is 30.1. The van der Waals surface area contributed by atoms with Gasteiger partial charge in [0.25, 0.3) is 11.5 Å². The molecular weight excluding hydrogens is 495 g/mol. The monoisotopic (exact) mass is 521 g/mol. The molecule has 36 heavy (non-hydrogen) atoms. The van der Waals surface area contributed by atoms with Crippen molar-refractivity contribution in [2.24, 2.45) is 0 Å². The third kappa shape index (κ3) is 8.20. The number of amides is 1. The molecule has 1 N–H and O–H groups in total. The molecular formula is C26H27ClF3N3O3. The molecule has 10 heteroatoms. The number of nitrogens with one attached hydrogen (secondary N) is 1. The van der Waals surface area contributed by atoms with Gasteiger partial charge in [-0.25, -0.2) is 4.98 Å². The molecule has 6 nitrogen and oxygen atoms in total. The summed E-state index contributed by atoms with van der Waals surface area (Å²) >= 11 is 5.94. The first-order valence-electron chi connectivity index (χ1n) is 11.5. The van der Waals surface area contributed by atoms with E-state index in [1.807, 2.05) is 0 Å². The zero-order valence-electron chi connectivity index (χ0n) is 19.8. The van der Waals surface area contributed by atoms with Gasteiger partial charge in [-0.1, -0.05) is 35.9 Å². The fourth-order valence-corrected chi connectivity index (χ4v) is 3.77. The van der Waals surface area contributed by atoms with Crippen molar-refractivity contribution in [3.63, 3.8) is 0 Å². The Morgan fingerprint density at radius 3 is 2.56 bits per heavy atom. The van der Waals surface area contributed by atoms with E-state index in [2.05, 4.69) is 10.3 Å². The van der Waals surface area contributed by atoms with Crippen molar-refractivity contribution < 1.29 is 22.7 Å². The lowest BCUT2D eigenvalue weighted by Crippen LogP contribution is -2.27. The summed E-state index contributed by atoms with van der Waals surface area (Å²) in [6.45, 7) is 1.05. The van der Waals surface area contributed by atoms with E-state index in [1.54, 1.807) is 55.6 Å². The first-order valence-corrected chi connectivity index (χ1v) is 11.8. The van der Waals surface area contributed by atoms with E-state index >= 15 is 0 Å². The van der Waals surface area contributed by atoms with E-state index in [4.69, 9.17) is 16.3 Å². The highest BCUT2D eigenvalue weighted by molar-refractivity contribution is 6.30. The number of aromatic nitrogens is 2. The van der Waals surface area contributed by atoms with Crippen molar-refractivity contribution in [1.82, 2.24) is 14.9 Å². The smallest absolute Gasteiger partial charge is 0.385 e. The fourth-order valence-electron chi connectivity index (χ4n) is 3.64. The molecule has 1 amide bonds. The van der Waals surface area contributed by atoms with Crippen LogP contribution in [0.25, 0.3) is 11.3 Å². The Morgan fingerprint density at radius 1 is 1.11 bits per heavy atom. The van der Waals surface area contributed by atoms with E-state index in [0.29, 0.717) is 47.0 Å². The molecule has 0 saturated carbocycles. The first-order chi connectivity index (χ1) is 17.2. The van der Waals surface area contributed by atoms with E-state index in [-0.39, 0.29) is 31.1 Å². The maximum absolute atomic E-state index is 13.1. The van der Waals surface area contributed by atoms with E-state index < -0.39 is 18.2 Å². The Labute approximate surface area is 212 Å². The Morgan fingerprint density at radius 2 is 1.86 bits per heavy atom. The van der Waals surface area contributed by atoms with Crippen molar-refractivity contribution in [3.05, 3.63) is 86.9 Å². The summed E-state index contributed by atoms with van der Waals surface area (Å²) in [6.07, 6.45) is -4.85. The van der Waals surface area contributed by atoms with Crippen molar-refractivity contribution in [3.8, 4) is 11.3 Å². The van der Waals surface area contributed by atoms with Gasteiger partial charge >= 0.3 is 6.18 Å². The summed E-state index contributed by atoms with van der Waals surface area (Å²) in [5, 5.41) is 3.32. The van der Waals surface area contributed by atoms with E-state index in [9.17, 15) is 22.8 Å². The summed E-state index contributed by atoms with van der Waals surface area (Å²) < 4.78 is 44.6. The molecule has 1 aromatic heterocycles. The second-order valence-corrected chi connectivity index (χ2v) is 8.70. The van der Waals surface area contributed by atoms with Crippen LogP contribution in [0.4, 0.5) is 13.2 Å². The molecule has 1 heterocycles. The minimum Gasteiger partial charge on any atom is -0.385 e. The molecule has 3 rings (SSSR count). The van der Waals surface area contributed by atoms with Gasteiger partial charge in [0.2, 0.25) is 0 Å². The lowest BCUT2D eigenvalue weighted by atomic mass is 10.1. The Hall–Kier alpha value is -3.17. The third-order valence-corrected chi connectivity index (χ3v) is 5.68. The SMILES string of the molecule is COCCCNC(=O)c1cccc(Cn2c(CCCC(F)(F)F)nc(-c3ccc(Cl)cc3)cc2=O)c1. The highest BCUT2D eigenvalue weighted by Gasteiger charge is 2.26. The molecule has 0 fully saturated rings. The maximum Gasteiger partial charge on any atom is 0.389 e. The third-order valence-electron chi connectivity index (χ3n) is 5.43. The molecule has 3 aromatic rings. The number of methoxy groups -OCH3 is 1. The van der Waals surface area contributed by atoms with Gasteiger partial charge in [-0.05, 0) is 42.7 Å². The van der Waals surface area contributed by atoms with Gasteiger partial charge < -0.3 is 10.1 Å². The zero-order valence-corrected chi connectivity index (χ0v) is 20.5. The number of nitrogens with zero attached hydrogens (tertiary/aromatic N) is 2. The average Bonchev–Trinajstić information content (AvgIpc) is 2.83. The van der Waals surface area contributed by atoms with Crippen molar-refractivity contribution in [1.29, 1.82) is 0 Å². The largest absolute Gasteiger partial charge is 0.389 e. The summed E-state index contributed by atoms with van der Waals surface area (Å²) in [6, 6.07) is 14.8. The van der Waals surface area contributed by atoms with Crippen LogP contribution in [-0.4, -0.2) is 41.9 Å². The lowest BCUT2D eigenvalue weighted by molar-refractivity contribution is -0.135. The lowest BCUT2D eigenvalue weighted by Gasteiger charge is -2.15.